The van der Waals surface area contributed by atoms with Crippen LogP contribution < -0.4 is 14.8 Å². The fourth-order valence-electron chi connectivity index (χ4n) is 3.55. The Morgan fingerprint density at radius 3 is 2.67 bits per heavy atom. The van der Waals surface area contributed by atoms with Gasteiger partial charge in [-0.05, 0) is 49.9 Å². The second-order valence-electron chi connectivity index (χ2n) is 7.36. The molecule has 0 radical (unpaired) electrons. The maximum absolute atomic E-state index is 13.7. The molecule has 7 heteroatoms. The van der Waals surface area contributed by atoms with Crippen molar-refractivity contribution in [2.75, 3.05) is 26.3 Å². The first-order chi connectivity index (χ1) is 14.5. The van der Waals surface area contributed by atoms with E-state index in [1.807, 2.05) is 30.0 Å². The van der Waals surface area contributed by atoms with Crippen LogP contribution in [-0.4, -0.2) is 37.1 Å². The van der Waals surface area contributed by atoms with Gasteiger partial charge in [0.05, 0.1) is 19.8 Å². The molecule has 0 unspecified atom stereocenters. The van der Waals surface area contributed by atoms with Gasteiger partial charge in [-0.15, -0.1) is 0 Å². The molecule has 2 aromatic rings. The summed E-state index contributed by atoms with van der Waals surface area (Å²) in [4.78, 5) is 14.3. The lowest BCUT2D eigenvalue weighted by molar-refractivity contribution is -0.122. The number of fused-ring (bicyclic) bond motifs is 1. The Morgan fingerprint density at radius 1 is 1.10 bits per heavy atom. The molecule has 2 aromatic carbocycles. The SMILES string of the molecule is CCOc1cccc2c1OCCCCCNC(=O)CN(Cc1cc(F)cc(F)c1)C2. The van der Waals surface area contributed by atoms with Crippen LogP contribution in [0.3, 0.4) is 0 Å². The molecule has 1 heterocycles. The normalized spacial score (nSPS) is 16.3. The molecule has 1 aliphatic heterocycles. The topological polar surface area (TPSA) is 50.8 Å². The lowest BCUT2D eigenvalue weighted by atomic mass is 10.1. The van der Waals surface area contributed by atoms with Crippen molar-refractivity contribution < 1.29 is 23.0 Å². The van der Waals surface area contributed by atoms with Gasteiger partial charge in [-0.25, -0.2) is 8.78 Å². The lowest BCUT2D eigenvalue weighted by Crippen LogP contribution is -2.37. The zero-order valence-corrected chi connectivity index (χ0v) is 17.3. The minimum atomic E-state index is -0.636. The minimum Gasteiger partial charge on any atom is -0.490 e. The third-order valence-corrected chi connectivity index (χ3v) is 4.84. The highest BCUT2D eigenvalue weighted by molar-refractivity contribution is 5.78. The molecular weight excluding hydrogens is 390 g/mol. The summed E-state index contributed by atoms with van der Waals surface area (Å²) in [5.74, 6) is -0.0691. The lowest BCUT2D eigenvalue weighted by Gasteiger charge is -2.24. The van der Waals surface area contributed by atoms with Crippen LogP contribution in [0.5, 0.6) is 11.5 Å². The van der Waals surface area contributed by atoms with Crippen molar-refractivity contribution in [1.82, 2.24) is 10.2 Å². The average Bonchev–Trinajstić information content (AvgIpc) is 2.69. The van der Waals surface area contributed by atoms with E-state index in [0.29, 0.717) is 43.4 Å². The van der Waals surface area contributed by atoms with Gasteiger partial charge < -0.3 is 14.8 Å². The van der Waals surface area contributed by atoms with Crippen LogP contribution in [0, 0.1) is 11.6 Å². The Bertz CT molecular complexity index is 840. The Hall–Kier alpha value is -2.67. The molecule has 1 N–H and O–H groups in total. The summed E-state index contributed by atoms with van der Waals surface area (Å²) in [6, 6.07) is 9.08. The molecule has 5 nitrogen and oxygen atoms in total. The van der Waals surface area contributed by atoms with E-state index < -0.39 is 11.6 Å². The van der Waals surface area contributed by atoms with Crippen LogP contribution in [0.2, 0.25) is 0 Å². The number of para-hydroxylation sites is 1. The van der Waals surface area contributed by atoms with E-state index in [1.165, 1.54) is 12.1 Å². The number of rotatable bonds is 4. The fraction of sp³-hybridized carbons (Fsp3) is 0.435. The van der Waals surface area contributed by atoms with E-state index in [4.69, 9.17) is 9.47 Å². The van der Waals surface area contributed by atoms with Crippen molar-refractivity contribution >= 4 is 5.91 Å². The van der Waals surface area contributed by atoms with Gasteiger partial charge in [0.2, 0.25) is 5.91 Å². The molecule has 3 rings (SSSR count). The van der Waals surface area contributed by atoms with Crippen molar-refractivity contribution in [3.8, 4) is 11.5 Å². The number of hydrogen-bond donors (Lipinski definition) is 1. The number of carbonyl (C=O) groups excluding carboxylic acids is 1. The largest absolute Gasteiger partial charge is 0.490 e. The third kappa shape index (κ3) is 6.42. The molecule has 30 heavy (non-hydrogen) atoms. The van der Waals surface area contributed by atoms with Crippen LogP contribution in [0.15, 0.2) is 36.4 Å². The van der Waals surface area contributed by atoms with E-state index in [0.717, 1.165) is 30.9 Å². The first-order valence-electron chi connectivity index (χ1n) is 10.4. The summed E-state index contributed by atoms with van der Waals surface area (Å²) in [7, 11) is 0. The number of amides is 1. The highest BCUT2D eigenvalue weighted by Gasteiger charge is 2.18. The first-order valence-corrected chi connectivity index (χ1v) is 10.4. The molecule has 0 fully saturated rings. The number of benzene rings is 2. The van der Waals surface area contributed by atoms with Gasteiger partial charge in [-0.2, -0.15) is 0 Å². The quantitative estimate of drug-likeness (QED) is 0.814. The summed E-state index contributed by atoms with van der Waals surface area (Å²) < 4.78 is 39.1. The van der Waals surface area contributed by atoms with Crippen molar-refractivity contribution in [2.24, 2.45) is 0 Å². The molecule has 0 aromatic heterocycles. The highest BCUT2D eigenvalue weighted by atomic mass is 19.1. The highest BCUT2D eigenvalue weighted by Crippen LogP contribution is 2.33. The molecular formula is C23H28F2N2O3. The second-order valence-corrected chi connectivity index (χ2v) is 7.36. The molecule has 1 amide bonds. The summed E-state index contributed by atoms with van der Waals surface area (Å²) in [6.07, 6.45) is 2.69. The van der Waals surface area contributed by atoms with Gasteiger partial charge in [0.25, 0.3) is 0 Å². The number of nitrogens with one attached hydrogen (secondary N) is 1. The minimum absolute atomic E-state index is 0.108. The van der Waals surface area contributed by atoms with E-state index in [1.54, 1.807) is 0 Å². The maximum Gasteiger partial charge on any atom is 0.234 e. The Labute approximate surface area is 176 Å². The maximum atomic E-state index is 13.7. The fourth-order valence-corrected chi connectivity index (χ4v) is 3.55. The number of halogens is 2. The summed E-state index contributed by atoms with van der Waals surface area (Å²) in [5.41, 5.74) is 1.33. The van der Waals surface area contributed by atoms with Gasteiger partial charge in [0.1, 0.15) is 11.6 Å². The average molecular weight is 418 g/mol. The zero-order valence-electron chi connectivity index (χ0n) is 17.3. The molecule has 162 valence electrons. The van der Waals surface area contributed by atoms with Crippen molar-refractivity contribution in [3.63, 3.8) is 0 Å². The second kappa shape index (κ2) is 10.9. The van der Waals surface area contributed by atoms with Gasteiger partial charge in [0.15, 0.2) is 11.5 Å². The molecule has 0 spiro atoms. The van der Waals surface area contributed by atoms with Crippen LogP contribution in [0.1, 0.15) is 37.3 Å². The number of hydrogen-bond acceptors (Lipinski definition) is 4. The predicted molar refractivity (Wildman–Crippen MR) is 110 cm³/mol. The van der Waals surface area contributed by atoms with Gasteiger partial charge in [0, 0.05) is 31.3 Å². The number of ether oxygens (including phenoxy) is 2. The van der Waals surface area contributed by atoms with Crippen LogP contribution in [-0.2, 0) is 17.9 Å². The number of nitrogens with zero attached hydrogens (tertiary/aromatic N) is 1. The molecule has 0 saturated heterocycles. The van der Waals surface area contributed by atoms with Crippen LogP contribution in [0.25, 0.3) is 0 Å². The molecule has 0 bridgehead atoms. The number of carbonyl (C=O) groups is 1. The summed E-state index contributed by atoms with van der Waals surface area (Å²) in [5, 5.41) is 2.92. The van der Waals surface area contributed by atoms with Crippen molar-refractivity contribution in [1.29, 1.82) is 0 Å². The first kappa shape index (κ1) is 22.0. The molecule has 1 aliphatic rings. The van der Waals surface area contributed by atoms with Gasteiger partial charge in [-0.3, -0.25) is 9.69 Å². The monoisotopic (exact) mass is 418 g/mol. The Kier molecular flexibility index (Phi) is 8.02. The van der Waals surface area contributed by atoms with E-state index in [2.05, 4.69) is 5.32 Å². The standard InChI is InChI=1S/C23H28F2N2O3/c1-2-29-21-8-6-7-18-15-27(14-17-11-19(24)13-20(25)12-17)16-22(28)26-9-4-3-5-10-30-23(18)21/h6-8,11-13H,2-5,9-10,14-16H2,1H3,(H,26,28). The predicted octanol–water partition coefficient (Wildman–Crippen LogP) is 4.04. The zero-order chi connectivity index (χ0) is 21.3. The van der Waals surface area contributed by atoms with Crippen molar-refractivity contribution in [2.45, 2.75) is 39.3 Å². The van der Waals surface area contributed by atoms with Gasteiger partial charge in [-0.1, -0.05) is 12.1 Å². The summed E-state index contributed by atoms with van der Waals surface area (Å²) in [6.45, 7) is 4.28. The third-order valence-electron chi connectivity index (χ3n) is 4.84. The van der Waals surface area contributed by atoms with Crippen LogP contribution >= 0.6 is 0 Å². The smallest absolute Gasteiger partial charge is 0.234 e. The molecule has 0 aliphatic carbocycles. The summed E-state index contributed by atoms with van der Waals surface area (Å²) >= 11 is 0. The molecule has 0 saturated carbocycles. The Balaban J connectivity index is 1.90. The van der Waals surface area contributed by atoms with Gasteiger partial charge >= 0.3 is 0 Å². The van der Waals surface area contributed by atoms with E-state index in [9.17, 15) is 13.6 Å². The van der Waals surface area contributed by atoms with E-state index >= 15 is 0 Å². The van der Waals surface area contributed by atoms with Crippen molar-refractivity contribution in [3.05, 3.63) is 59.2 Å². The van der Waals surface area contributed by atoms with E-state index in [-0.39, 0.29) is 19.0 Å². The molecule has 0 atom stereocenters. The van der Waals surface area contributed by atoms with Crippen LogP contribution in [0.4, 0.5) is 8.78 Å². The Morgan fingerprint density at radius 2 is 1.90 bits per heavy atom.